The number of benzene rings is 1. The normalized spacial score (nSPS) is 17.2. The molecule has 1 N–H and O–H groups in total. The number of hydrogen-bond donors (Lipinski definition) is 1. The number of hydrogen-bond acceptors (Lipinski definition) is 3. The summed E-state index contributed by atoms with van der Waals surface area (Å²) in [5.74, 6) is -0.0247. The van der Waals surface area contributed by atoms with E-state index in [1.54, 1.807) is 23.5 Å². The van der Waals surface area contributed by atoms with Gasteiger partial charge >= 0.3 is 0 Å². The molecule has 23 heavy (non-hydrogen) atoms. The number of piperidine rings is 1. The van der Waals surface area contributed by atoms with Crippen LogP contribution in [0.3, 0.4) is 0 Å². The van der Waals surface area contributed by atoms with Crippen molar-refractivity contribution in [3.05, 3.63) is 58.0 Å². The lowest BCUT2D eigenvalue weighted by atomic mass is 9.87. The standard InChI is InChI=1S/C18H20FNO2S/c19-15-5-3-13(4-6-15)18(22)14-7-9-20(10-8-14)17(21)12-16-2-1-11-23-16/h1-6,11,14,18,22H,7-10,12H2/t18-/m1/s1. The van der Waals surface area contributed by atoms with E-state index in [1.807, 2.05) is 22.4 Å². The largest absolute Gasteiger partial charge is 0.388 e. The van der Waals surface area contributed by atoms with Crippen molar-refractivity contribution >= 4 is 17.2 Å². The number of amides is 1. The van der Waals surface area contributed by atoms with E-state index in [2.05, 4.69) is 0 Å². The Labute approximate surface area is 139 Å². The number of carbonyl (C=O) groups is 1. The predicted molar refractivity (Wildman–Crippen MR) is 88.7 cm³/mol. The molecule has 0 aliphatic carbocycles. The summed E-state index contributed by atoms with van der Waals surface area (Å²) in [6.07, 6.45) is 1.41. The minimum absolute atomic E-state index is 0.117. The van der Waals surface area contributed by atoms with Gasteiger partial charge in [-0.2, -0.15) is 0 Å². The smallest absolute Gasteiger partial charge is 0.227 e. The Bertz CT molecular complexity index is 634. The third-order valence-corrected chi connectivity index (χ3v) is 5.33. The Morgan fingerprint density at radius 2 is 1.96 bits per heavy atom. The Morgan fingerprint density at radius 1 is 1.26 bits per heavy atom. The van der Waals surface area contributed by atoms with Crippen LogP contribution in [0, 0.1) is 11.7 Å². The fourth-order valence-electron chi connectivity index (χ4n) is 3.07. The molecule has 1 amide bonds. The average Bonchev–Trinajstić information content (AvgIpc) is 3.08. The molecule has 1 fully saturated rings. The molecule has 5 heteroatoms. The summed E-state index contributed by atoms with van der Waals surface area (Å²) in [6, 6.07) is 9.95. The maximum Gasteiger partial charge on any atom is 0.227 e. The number of carbonyl (C=O) groups excluding carboxylic acids is 1. The Hall–Kier alpha value is -1.72. The number of aliphatic hydroxyl groups is 1. The lowest BCUT2D eigenvalue weighted by Crippen LogP contribution is -2.40. The van der Waals surface area contributed by atoms with E-state index in [9.17, 15) is 14.3 Å². The van der Waals surface area contributed by atoms with Crippen molar-refractivity contribution in [3.8, 4) is 0 Å². The first kappa shape index (κ1) is 16.1. The molecule has 1 aromatic heterocycles. The lowest BCUT2D eigenvalue weighted by molar-refractivity contribution is -0.132. The van der Waals surface area contributed by atoms with E-state index in [-0.39, 0.29) is 17.6 Å². The molecule has 3 rings (SSSR count). The van der Waals surface area contributed by atoms with Gasteiger partial charge < -0.3 is 10.0 Å². The van der Waals surface area contributed by atoms with Crippen LogP contribution in [0.2, 0.25) is 0 Å². The third kappa shape index (κ3) is 3.98. The van der Waals surface area contributed by atoms with Gasteiger partial charge in [0.25, 0.3) is 0 Å². The third-order valence-electron chi connectivity index (χ3n) is 4.46. The molecular formula is C18H20FNO2S. The minimum atomic E-state index is -0.592. The molecule has 3 nitrogen and oxygen atoms in total. The monoisotopic (exact) mass is 333 g/mol. The molecule has 0 saturated carbocycles. The fraction of sp³-hybridized carbons (Fsp3) is 0.389. The molecule has 1 aromatic carbocycles. The second kappa shape index (κ2) is 7.23. The van der Waals surface area contributed by atoms with Crippen molar-refractivity contribution in [3.63, 3.8) is 0 Å². The molecular weight excluding hydrogens is 313 g/mol. The van der Waals surface area contributed by atoms with Crippen LogP contribution in [0.15, 0.2) is 41.8 Å². The first-order valence-corrected chi connectivity index (χ1v) is 8.75. The number of likely N-dealkylation sites (tertiary alicyclic amines) is 1. The lowest BCUT2D eigenvalue weighted by Gasteiger charge is -2.34. The second-order valence-electron chi connectivity index (χ2n) is 5.97. The van der Waals surface area contributed by atoms with E-state index < -0.39 is 6.10 Å². The van der Waals surface area contributed by atoms with E-state index in [0.717, 1.165) is 23.3 Å². The van der Waals surface area contributed by atoms with Crippen molar-refractivity contribution in [2.75, 3.05) is 13.1 Å². The summed E-state index contributed by atoms with van der Waals surface area (Å²) in [7, 11) is 0. The molecule has 1 aliphatic heterocycles. The zero-order chi connectivity index (χ0) is 16.2. The van der Waals surface area contributed by atoms with Crippen LogP contribution < -0.4 is 0 Å². The van der Waals surface area contributed by atoms with Crippen molar-refractivity contribution < 1.29 is 14.3 Å². The fourth-order valence-corrected chi connectivity index (χ4v) is 3.77. The van der Waals surface area contributed by atoms with Gasteiger partial charge in [-0.05, 0) is 47.9 Å². The first-order chi connectivity index (χ1) is 11.1. The highest BCUT2D eigenvalue weighted by Crippen LogP contribution is 2.31. The van der Waals surface area contributed by atoms with Crippen molar-refractivity contribution in [2.45, 2.75) is 25.4 Å². The van der Waals surface area contributed by atoms with Gasteiger partial charge in [0, 0.05) is 18.0 Å². The highest BCUT2D eigenvalue weighted by molar-refractivity contribution is 7.10. The Morgan fingerprint density at radius 3 is 2.57 bits per heavy atom. The van der Waals surface area contributed by atoms with Gasteiger partial charge in [0.15, 0.2) is 0 Å². The van der Waals surface area contributed by atoms with Crippen molar-refractivity contribution in [1.82, 2.24) is 4.90 Å². The van der Waals surface area contributed by atoms with Gasteiger partial charge in [0.2, 0.25) is 5.91 Å². The molecule has 1 saturated heterocycles. The Kier molecular flexibility index (Phi) is 5.08. The van der Waals surface area contributed by atoms with Crippen LogP contribution in [-0.2, 0) is 11.2 Å². The zero-order valence-electron chi connectivity index (χ0n) is 12.8. The van der Waals surface area contributed by atoms with Crippen molar-refractivity contribution in [2.24, 2.45) is 5.92 Å². The number of nitrogens with zero attached hydrogens (tertiary/aromatic N) is 1. The predicted octanol–water partition coefficient (Wildman–Crippen LogP) is 3.40. The molecule has 1 aliphatic rings. The second-order valence-corrected chi connectivity index (χ2v) is 7.00. The number of halogens is 1. The van der Waals surface area contributed by atoms with E-state index in [1.165, 1.54) is 12.1 Å². The van der Waals surface area contributed by atoms with Gasteiger partial charge in [-0.25, -0.2) is 4.39 Å². The molecule has 0 radical (unpaired) electrons. The van der Waals surface area contributed by atoms with Crippen LogP contribution in [-0.4, -0.2) is 29.0 Å². The van der Waals surface area contributed by atoms with E-state index in [4.69, 9.17) is 0 Å². The van der Waals surface area contributed by atoms with E-state index in [0.29, 0.717) is 19.5 Å². The summed E-state index contributed by atoms with van der Waals surface area (Å²) >= 11 is 1.60. The van der Waals surface area contributed by atoms with Crippen molar-refractivity contribution in [1.29, 1.82) is 0 Å². The number of thiophene rings is 1. The molecule has 0 bridgehead atoms. The molecule has 2 heterocycles. The number of aliphatic hydroxyl groups excluding tert-OH is 1. The summed E-state index contributed by atoms with van der Waals surface area (Å²) in [4.78, 5) is 15.2. The summed E-state index contributed by atoms with van der Waals surface area (Å²) in [5.41, 5.74) is 0.745. The molecule has 2 aromatic rings. The van der Waals surface area contributed by atoms with Gasteiger partial charge in [-0.15, -0.1) is 11.3 Å². The summed E-state index contributed by atoms with van der Waals surface area (Å²) < 4.78 is 13.0. The minimum Gasteiger partial charge on any atom is -0.388 e. The SMILES string of the molecule is O=C(Cc1cccs1)N1CCC([C@H](O)c2ccc(F)cc2)CC1. The number of rotatable bonds is 4. The van der Waals surface area contributed by atoms with Gasteiger partial charge in [-0.3, -0.25) is 4.79 Å². The molecule has 1 atom stereocenters. The zero-order valence-corrected chi connectivity index (χ0v) is 13.6. The van der Waals surface area contributed by atoms with E-state index >= 15 is 0 Å². The molecule has 122 valence electrons. The van der Waals surface area contributed by atoms with Crippen LogP contribution in [0.4, 0.5) is 4.39 Å². The highest BCUT2D eigenvalue weighted by atomic mass is 32.1. The maximum absolute atomic E-state index is 13.0. The molecule has 0 unspecified atom stereocenters. The summed E-state index contributed by atoms with van der Waals surface area (Å²) in [5, 5.41) is 12.4. The maximum atomic E-state index is 13.0. The highest BCUT2D eigenvalue weighted by Gasteiger charge is 2.28. The Balaban J connectivity index is 1.53. The van der Waals surface area contributed by atoms with Crippen LogP contribution >= 0.6 is 11.3 Å². The first-order valence-electron chi connectivity index (χ1n) is 7.87. The van der Waals surface area contributed by atoms with Crippen LogP contribution in [0.25, 0.3) is 0 Å². The average molecular weight is 333 g/mol. The van der Waals surface area contributed by atoms with Crippen LogP contribution in [0.1, 0.15) is 29.4 Å². The summed E-state index contributed by atoms with van der Waals surface area (Å²) in [6.45, 7) is 1.35. The van der Waals surface area contributed by atoms with Gasteiger partial charge in [0.05, 0.1) is 12.5 Å². The van der Waals surface area contributed by atoms with Gasteiger partial charge in [0.1, 0.15) is 5.82 Å². The molecule has 0 spiro atoms. The van der Waals surface area contributed by atoms with Crippen LogP contribution in [0.5, 0.6) is 0 Å². The van der Waals surface area contributed by atoms with Gasteiger partial charge in [-0.1, -0.05) is 18.2 Å². The topological polar surface area (TPSA) is 40.5 Å². The quantitative estimate of drug-likeness (QED) is 0.931.